The summed E-state index contributed by atoms with van der Waals surface area (Å²) in [6, 6.07) is 13.2. The number of aryl methyl sites for hydroxylation is 2. The number of ether oxygens (including phenoxy) is 2. The fraction of sp³-hybridized carbons (Fsp3) is 0.296. The van der Waals surface area contributed by atoms with Crippen molar-refractivity contribution in [2.45, 2.75) is 38.1 Å². The predicted molar refractivity (Wildman–Crippen MR) is 143 cm³/mol. The molecule has 0 radical (unpaired) electrons. The van der Waals surface area contributed by atoms with Gasteiger partial charge in [0.25, 0.3) is 10.0 Å². The van der Waals surface area contributed by atoms with Gasteiger partial charge in [-0.2, -0.15) is 0 Å². The van der Waals surface area contributed by atoms with Gasteiger partial charge in [0.05, 0.1) is 35.9 Å². The SMILES string of the molecule is CCC(NC(=O)CN(c1ccc(F)c(Cl)c1)S(=O)(=O)c1ccc(OC)c(OC)c1)c1ccc(C)c(C)c1. The van der Waals surface area contributed by atoms with Crippen LogP contribution in [0.4, 0.5) is 10.1 Å². The van der Waals surface area contributed by atoms with Gasteiger partial charge in [0.2, 0.25) is 5.91 Å². The van der Waals surface area contributed by atoms with Gasteiger partial charge in [-0.1, -0.05) is 36.7 Å². The van der Waals surface area contributed by atoms with Crippen molar-refractivity contribution in [2.24, 2.45) is 0 Å². The molecule has 0 heterocycles. The van der Waals surface area contributed by atoms with Gasteiger partial charge in [0.1, 0.15) is 12.4 Å². The Bertz CT molecular complexity index is 1400. The normalized spacial score (nSPS) is 12.1. The van der Waals surface area contributed by atoms with E-state index < -0.39 is 28.3 Å². The van der Waals surface area contributed by atoms with E-state index in [9.17, 15) is 17.6 Å². The molecule has 0 aliphatic heterocycles. The summed E-state index contributed by atoms with van der Waals surface area (Å²) in [4.78, 5) is 13.1. The fourth-order valence-electron chi connectivity index (χ4n) is 3.83. The number of nitrogens with zero attached hydrogens (tertiary/aromatic N) is 1. The first-order valence-corrected chi connectivity index (χ1v) is 13.4. The minimum absolute atomic E-state index is 0.0376. The number of benzene rings is 3. The molecule has 1 amide bonds. The van der Waals surface area contributed by atoms with E-state index in [-0.39, 0.29) is 27.4 Å². The molecule has 0 saturated carbocycles. The highest BCUT2D eigenvalue weighted by molar-refractivity contribution is 7.92. The van der Waals surface area contributed by atoms with Crippen LogP contribution in [0.2, 0.25) is 5.02 Å². The molecule has 7 nitrogen and oxygen atoms in total. The van der Waals surface area contributed by atoms with Gasteiger partial charge in [-0.05, 0) is 67.3 Å². The van der Waals surface area contributed by atoms with Crippen LogP contribution in [-0.4, -0.2) is 35.1 Å². The zero-order valence-electron chi connectivity index (χ0n) is 21.3. The second kappa shape index (κ2) is 11.8. The third-order valence-corrected chi connectivity index (χ3v) is 8.16. The molecule has 198 valence electrons. The van der Waals surface area contributed by atoms with Gasteiger partial charge < -0.3 is 14.8 Å². The minimum Gasteiger partial charge on any atom is -0.493 e. The number of rotatable bonds is 10. The van der Waals surface area contributed by atoms with Crippen molar-refractivity contribution >= 4 is 33.2 Å². The Morgan fingerprint density at radius 1 is 1.00 bits per heavy atom. The number of sulfonamides is 1. The van der Waals surface area contributed by atoms with Crippen LogP contribution < -0.4 is 19.1 Å². The van der Waals surface area contributed by atoms with Crippen LogP contribution in [0.5, 0.6) is 11.5 Å². The second-order valence-corrected chi connectivity index (χ2v) is 10.8. The van der Waals surface area contributed by atoms with Crippen LogP contribution in [0.3, 0.4) is 0 Å². The lowest BCUT2D eigenvalue weighted by molar-refractivity contribution is -0.120. The number of hydrogen-bond acceptors (Lipinski definition) is 5. The van der Waals surface area contributed by atoms with Crippen LogP contribution in [0, 0.1) is 19.7 Å². The number of methoxy groups -OCH3 is 2. The highest BCUT2D eigenvalue weighted by Crippen LogP contribution is 2.33. The zero-order chi connectivity index (χ0) is 27.3. The van der Waals surface area contributed by atoms with E-state index in [0.717, 1.165) is 27.1 Å². The van der Waals surface area contributed by atoms with Crippen LogP contribution in [0.25, 0.3) is 0 Å². The molecule has 10 heteroatoms. The number of amides is 1. The van der Waals surface area contributed by atoms with Crippen molar-refractivity contribution in [1.29, 1.82) is 0 Å². The van der Waals surface area contributed by atoms with Gasteiger partial charge in [-0.15, -0.1) is 0 Å². The lowest BCUT2D eigenvalue weighted by atomic mass is 9.99. The number of carbonyl (C=O) groups is 1. The van der Waals surface area contributed by atoms with E-state index in [1.165, 1.54) is 44.6 Å². The average Bonchev–Trinajstić information content (AvgIpc) is 2.88. The number of nitrogens with one attached hydrogen (secondary N) is 1. The van der Waals surface area contributed by atoms with Crippen molar-refractivity contribution in [3.05, 3.63) is 82.1 Å². The molecule has 0 spiro atoms. The van der Waals surface area contributed by atoms with Crippen molar-refractivity contribution in [3.8, 4) is 11.5 Å². The van der Waals surface area contributed by atoms with E-state index in [1.807, 2.05) is 39.0 Å². The van der Waals surface area contributed by atoms with E-state index in [4.69, 9.17) is 21.1 Å². The Labute approximate surface area is 222 Å². The molecule has 0 aliphatic rings. The van der Waals surface area contributed by atoms with Crippen LogP contribution in [0.15, 0.2) is 59.5 Å². The molecule has 37 heavy (non-hydrogen) atoms. The standard InChI is InChI=1S/C27H30ClFN2O5S/c1-6-24(19-8-7-17(2)18(3)13-19)30-27(32)16-31(20-9-11-23(29)22(28)14-20)37(33,34)21-10-12-25(35-4)26(15-21)36-5/h7-15,24H,6,16H2,1-5H3,(H,30,32). The highest BCUT2D eigenvalue weighted by Gasteiger charge is 2.29. The van der Waals surface area contributed by atoms with Gasteiger partial charge in [0, 0.05) is 6.07 Å². The van der Waals surface area contributed by atoms with Crippen LogP contribution in [0.1, 0.15) is 36.1 Å². The lowest BCUT2D eigenvalue weighted by Gasteiger charge is -2.26. The van der Waals surface area contributed by atoms with Gasteiger partial charge in [-0.25, -0.2) is 12.8 Å². The molecule has 0 aliphatic carbocycles. The molecule has 3 aromatic carbocycles. The first kappa shape index (κ1) is 28.3. The molecule has 1 unspecified atom stereocenters. The molecule has 3 aromatic rings. The summed E-state index contributed by atoms with van der Waals surface area (Å²) in [5, 5.41) is 2.65. The third kappa shape index (κ3) is 6.34. The topological polar surface area (TPSA) is 84.9 Å². The highest BCUT2D eigenvalue weighted by atomic mass is 35.5. The van der Waals surface area contributed by atoms with Crippen molar-refractivity contribution < 1.29 is 27.1 Å². The Hall–Kier alpha value is -3.30. The summed E-state index contributed by atoms with van der Waals surface area (Å²) in [5.41, 5.74) is 3.17. The summed E-state index contributed by atoms with van der Waals surface area (Å²) in [6.07, 6.45) is 0.596. The molecule has 0 aromatic heterocycles. The average molecular weight is 549 g/mol. The molecule has 0 fully saturated rings. The lowest BCUT2D eigenvalue weighted by Crippen LogP contribution is -2.42. The Morgan fingerprint density at radius 2 is 1.70 bits per heavy atom. The molecule has 1 N–H and O–H groups in total. The maximum atomic E-state index is 13.9. The fourth-order valence-corrected chi connectivity index (χ4v) is 5.44. The molecule has 0 bridgehead atoms. The summed E-state index contributed by atoms with van der Waals surface area (Å²) in [6.45, 7) is 5.37. The van der Waals surface area contributed by atoms with Crippen molar-refractivity contribution in [2.75, 3.05) is 25.1 Å². The number of halogens is 2. The predicted octanol–water partition coefficient (Wildman–Crippen LogP) is 5.58. The smallest absolute Gasteiger partial charge is 0.264 e. The number of carbonyl (C=O) groups excluding carboxylic acids is 1. The minimum atomic E-state index is -4.30. The summed E-state index contributed by atoms with van der Waals surface area (Å²) >= 11 is 5.96. The maximum absolute atomic E-state index is 13.9. The molecule has 1 atom stereocenters. The number of anilines is 1. The third-order valence-electron chi connectivity index (χ3n) is 6.10. The van der Waals surface area contributed by atoms with E-state index in [0.29, 0.717) is 12.2 Å². The number of hydrogen-bond donors (Lipinski definition) is 1. The molecule has 0 saturated heterocycles. The largest absolute Gasteiger partial charge is 0.493 e. The summed E-state index contributed by atoms with van der Waals surface area (Å²) < 4.78 is 52.7. The van der Waals surface area contributed by atoms with Crippen molar-refractivity contribution in [1.82, 2.24) is 5.32 Å². The van der Waals surface area contributed by atoms with Crippen LogP contribution >= 0.6 is 11.6 Å². The van der Waals surface area contributed by atoms with Crippen LogP contribution in [-0.2, 0) is 14.8 Å². The zero-order valence-corrected chi connectivity index (χ0v) is 22.9. The van der Waals surface area contributed by atoms with E-state index >= 15 is 0 Å². The summed E-state index contributed by atoms with van der Waals surface area (Å²) in [7, 11) is -1.48. The maximum Gasteiger partial charge on any atom is 0.264 e. The Morgan fingerprint density at radius 3 is 2.30 bits per heavy atom. The Kier molecular flexibility index (Phi) is 9.04. The molecular formula is C27H30ClFN2O5S. The Balaban J connectivity index is 1.99. The van der Waals surface area contributed by atoms with Gasteiger partial charge >= 0.3 is 0 Å². The van der Waals surface area contributed by atoms with E-state index in [1.54, 1.807) is 0 Å². The van der Waals surface area contributed by atoms with E-state index in [2.05, 4.69) is 5.32 Å². The quantitative estimate of drug-likeness (QED) is 0.358. The van der Waals surface area contributed by atoms with Gasteiger partial charge in [-0.3, -0.25) is 9.10 Å². The first-order valence-electron chi connectivity index (χ1n) is 11.6. The molecule has 3 rings (SSSR count). The second-order valence-electron chi connectivity index (χ2n) is 8.50. The first-order chi connectivity index (χ1) is 17.5. The van der Waals surface area contributed by atoms with Gasteiger partial charge in [0.15, 0.2) is 11.5 Å². The molecular weight excluding hydrogens is 519 g/mol. The monoisotopic (exact) mass is 548 g/mol. The summed E-state index contributed by atoms with van der Waals surface area (Å²) in [5.74, 6) is -0.700. The van der Waals surface area contributed by atoms with Crippen molar-refractivity contribution in [3.63, 3.8) is 0 Å².